The van der Waals surface area contributed by atoms with Gasteiger partial charge in [-0.3, -0.25) is 9.59 Å². The fourth-order valence-electron chi connectivity index (χ4n) is 1.60. The second-order valence-corrected chi connectivity index (χ2v) is 4.89. The number of aliphatic carboxylic acids is 1. The smallest absolute Gasteiger partial charge is 0.303 e. The third-order valence-corrected chi connectivity index (χ3v) is 3.11. The van der Waals surface area contributed by atoms with E-state index in [1.165, 1.54) is 0 Å². The molecule has 0 radical (unpaired) electrons. The number of nitrogens with one attached hydrogen (secondary N) is 1. The van der Waals surface area contributed by atoms with E-state index in [1.807, 2.05) is 31.2 Å². The van der Waals surface area contributed by atoms with Gasteiger partial charge in [0.1, 0.15) is 0 Å². The van der Waals surface area contributed by atoms with Gasteiger partial charge in [0.2, 0.25) is 5.91 Å². The Morgan fingerprint density at radius 1 is 1.28 bits per heavy atom. The first-order valence-electron chi connectivity index (χ1n) is 5.79. The van der Waals surface area contributed by atoms with Crippen LogP contribution in [0.2, 0.25) is 0 Å². The van der Waals surface area contributed by atoms with Crippen molar-refractivity contribution in [1.82, 2.24) is 5.32 Å². The van der Waals surface area contributed by atoms with E-state index in [2.05, 4.69) is 21.2 Å². The van der Waals surface area contributed by atoms with Crippen molar-refractivity contribution in [3.63, 3.8) is 0 Å². The quantitative estimate of drug-likeness (QED) is 0.848. The maximum absolute atomic E-state index is 11.6. The van der Waals surface area contributed by atoms with Crippen LogP contribution in [0.5, 0.6) is 0 Å². The van der Waals surface area contributed by atoms with Crippen LogP contribution in [0.25, 0.3) is 0 Å². The van der Waals surface area contributed by atoms with Crippen molar-refractivity contribution < 1.29 is 14.7 Å². The largest absolute Gasteiger partial charge is 0.481 e. The van der Waals surface area contributed by atoms with Gasteiger partial charge in [0.15, 0.2) is 0 Å². The van der Waals surface area contributed by atoms with Crippen molar-refractivity contribution in [2.45, 2.75) is 32.2 Å². The Kier molecular flexibility index (Phi) is 5.85. The number of carbonyl (C=O) groups is 2. The van der Waals surface area contributed by atoms with Crippen LogP contribution in [0.4, 0.5) is 0 Å². The van der Waals surface area contributed by atoms with E-state index in [-0.39, 0.29) is 24.8 Å². The van der Waals surface area contributed by atoms with E-state index in [9.17, 15) is 9.59 Å². The van der Waals surface area contributed by atoms with Crippen molar-refractivity contribution in [1.29, 1.82) is 0 Å². The predicted molar refractivity (Wildman–Crippen MR) is 72.2 cm³/mol. The van der Waals surface area contributed by atoms with Gasteiger partial charge >= 0.3 is 5.97 Å². The summed E-state index contributed by atoms with van der Waals surface area (Å²) < 4.78 is 0.985. The normalized spacial score (nSPS) is 11.9. The van der Waals surface area contributed by atoms with Crippen LogP contribution in [0.1, 0.15) is 37.8 Å². The number of halogens is 1. The number of benzene rings is 1. The second-order valence-electron chi connectivity index (χ2n) is 3.97. The zero-order chi connectivity index (χ0) is 13.5. The molecule has 1 unspecified atom stereocenters. The Bertz CT molecular complexity index is 417. The lowest BCUT2D eigenvalue weighted by atomic mass is 10.0. The Morgan fingerprint density at radius 3 is 2.39 bits per heavy atom. The van der Waals surface area contributed by atoms with Crippen LogP contribution in [0, 0.1) is 0 Å². The average Bonchev–Trinajstić information content (AvgIpc) is 2.34. The Morgan fingerprint density at radius 2 is 1.89 bits per heavy atom. The Balaban J connectivity index is 2.59. The maximum Gasteiger partial charge on any atom is 0.303 e. The molecule has 0 spiro atoms. The molecule has 1 aromatic carbocycles. The summed E-state index contributed by atoms with van der Waals surface area (Å²) in [6.07, 6.45) is 0.644. The van der Waals surface area contributed by atoms with Crippen molar-refractivity contribution in [3.8, 4) is 0 Å². The molecule has 0 saturated heterocycles. The van der Waals surface area contributed by atoms with E-state index in [0.29, 0.717) is 0 Å². The van der Waals surface area contributed by atoms with Crippen molar-refractivity contribution in [2.24, 2.45) is 0 Å². The number of hydrogen-bond acceptors (Lipinski definition) is 2. The molecule has 0 bridgehead atoms. The highest BCUT2D eigenvalue weighted by Gasteiger charge is 2.13. The first kappa shape index (κ1) is 14.7. The van der Waals surface area contributed by atoms with Gasteiger partial charge in [0, 0.05) is 10.9 Å². The van der Waals surface area contributed by atoms with Gasteiger partial charge in [-0.1, -0.05) is 35.0 Å². The first-order chi connectivity index (χ1) is 8.52. The number of rotatable bonds is 6. The maximum atomic E-state index is 11.6. The monoisotopic (exact) mass is 313 g/mol. The summed E-state index contributed by atoms with van der Waals surface area (Å²) >= 11 is 3.36. The van der Waals surface area contributed by atoms with Crippen LogP contribution in [0.15, 0.2) is 28.7 Å². The molecule has 4 nitrogen and oxygen atoms in total. The minimum Gasteiger partial charge on any atom is -0.481 e. The molecule has 98 valence electrons. The zero-order valence-corrected chi connectivity index (χ0v) is 11.7. The summed E-state index contributed by atoms with van der Waals surface area (Å²) in [5.41, 5.74) is 1.02. The lowest BCUT2D eigenvalue weighted by Gasteiger charge is -2.17. The fourth-order valence-corrected chi connectivity index (χ4v) is 1.87. The molecule has 0 fully saturated rings. The summed E-state index contributed by atoms with van der Waals surface area (Å²) in [4.78, 5) is 22.0. The summed E-state index contributed by atoms with van der Waals surface area (Å²) in [6, 6.07) is 7.65. The van der Waals surface area contributed by atoms with Gasteiger partial charge < -0.3 is 10.4 Å². The second kappa shape index (κ2) is 7.16. The van der Waals surface area contributed by atoms with Gasteiger partial charge in [0.05, 0.1) is 12.5 Å². The van der Waals surface area contributed by atoms with E-state index >= 15 is 0 Å². The highest BCUT2D eigenvalue weighted by Crippen LogP contribution is 2.19. The number of carbonyl (C=O) groups excluding carboxylic acids is 1. The summed E-state index contributed by atoms with van der Waals surface area (Å²) in [6.45, 7) is 1.98. The SMILES string of the molecule is CCC(NC(=O)CCC(=O)O)c1ccc(Br)cc1. The molecule has 0 aliphatic rings. The fraction of sp³-hybridized carbons (Fsp3) is 0.385. The molecule has 0 heterocycles. The van der Waals surface area contributed by atoms with E-state index in [4.69, 9.17) is 5.11 Å². The summed E-state index contributed by atoms with van der Waals surface area (Å²) in [5, 5.41) is 11.4. The Hall–Kier alpha value is -1.36. The highest BCUT2D eigenvalue weighted by molar-refractivity contribution is 9.10. The molecule has 0 aromatic heterocycles. The molecule has 5 heteroatoms. The molecular weight excluding hydrogens is 298 g/mol. The molecule has 0 aliphatic heterocycles. The van der Waals surface area contributed by atoms with Crippen molar-refractivity contribution in [3.05, 3.63) is 34.3 Å². The summed E-state index contributed by atoms with van der Waals surface area (Å²) in [5.74, 6) is -1.19. The molecule has 18 heavy (non-hydrogen) atoms. The molecule has 1 aromatic rings. The average molecular weight is 314 g/mol. The first-order valence-corrected chi connectivity index (χ1v) is 6.59. The third-order valence-electron chi connectivity index (χ3n) is 2.58. The number of carboxylic acid groups (broad SMARTS) is 1. The highest BCUT2D eigenvalue weighted by atomic mass is 79.9. The number of amides is 1. The van der Waals surface area contributed by atoms with Crippen LogP contribution in [0.3, 0.4) is 0 Å². The predicted octanol–water partition coefficient (Wildman–Crippen LogP) is 2.88. The van der Waals surface area contributed by atoms with Crippen LogP contribution in [-0.4, -0.2) is 17.0 Å². The van der Waals surface area contributed by atoms with Gasteiger partial charge in [-0.2, -0.15) is 0 Å². The number of hydrogen-bond donors (Lipinski definition) is 2. The number of carboxylic acids is 1. The molecule has 0 aliphatic carbocycles. The Labute approximate surface area is 115 Å². The van der Waals surface area contributed by atoms with Gasteiger partial charge in [-0.25, -0.2) is 0 Å². The third kappa shape index (κ3) is 4.87. The molecule has 2 N–H and O–H groups in total. The molecular formula is C13H16BrNO3. The molecule has 1 amide bonds. The van der Waals surface area contributed by atoms with E-state index in [0.717, 1.165) is 16.5 Å². The molecule has 1 rings (SSSR count). The van der Waals surface area contributed by atoms with Gasteiger partial charge in [-0.15, -0.1) is 0 Å². The topological polar surface area (TPSA) is 66.4 Å². The lowest BCUT2D eigenvalue weighted by molar-refractivity contribution is -0.138. The zero-order valence-electron chi connectivity index (χ0n) is 10.1. The van der Waals surface area contributed by atoms with Crippen molar-refractivity contribution >= 4 is 27.8 Å². The lowest BCUT2D eigenvalue weighted by Crippen LogP contribution is -2.28. The standard InChI is InChI=1S/C13H16BrNO3/c1-2-11(9-3-5-10(14)6-4-9)15-12(16)7-8-13(17)18/h3-6,11H,2,7-8H2,1H3,(H,15,16)(H,17,18). The molecule has 0 saturated carbocycles. The van der Waals surface area contributed by atoms with Crippen LogP contribution < -0.4 is 5.32 Å². The minimum atomic E-state index is -0.957. The van der Waals surface area contributed by atoms with E-state index < -0.39 is 5.97 Å². The van der Waals surface area contributed by atoms with Gasteiger partial charge in [0.25, 0.3) is 0 Å². The summed E-state index contributed by atoms with van der Waals surface area (Å²) in [7, 11) is 0. The molecule has 1 atom stereocenters. The van der Waals surface area contributed by atoms with Crippen molar-refractivity contribution in [2.75, 3.05) is 0 Å². The minimum absolute atomic E-state index is 0.0162. The van der Waals surface area contributed by atoms with E-state index in [1.54, 1.807) is 0 Å². The van der Waals surface area contributed by atoms with Crippen LogP contribution >= 0.6 is 15.9 Å². The van der Waals surface area contributed by atoms with Gasteiger partial charge in [-0.05, 0) is 24.1 Å². The van der Waals surface area contributed by atoms with Crippen LogP contribution in [-0.2, 0) is 9.59 Å².